The predicted octanol–water partition coefficient (Wildman–Crippen LogP) is 10.6. The van der Waals surface area contributed by atoms with Gasteiger partial charge in [-0.25, -0.2) is 19.9 Å². The molecule has 45 heavy (non-hydrogen) atoms. The van der Waals surface area contributed by atoms with Crippen molar-refractivity contribution in [3.8, 4) is 45.3 Å². The Balaban J connectivity index is 1.33. The molecule has 0 amide bonds. The maximum Gasteiger partial charge on any atom is 0.164 e. The standard InChI is InChI=1S/C40H24N4S/c1-3-13-26(14-4-1)38-42-39(27-15-5-2-6-16-27)44-40(43-38)29-18-11-17-28(24-29)34-35-30-19-8-7-12-25(30)22-23-32(35)41-36-31-20-9-10-21-33(31)45-37(34)36/h1-24H. The summed E-state index contributed by atoms with van der Waals surface area (Å²) in [7, 11) is 0. The summed E-state index contributed by atoms with van der Waals surface area (Å²) in [5.74, 6) is 1.94. The van der Waals surface area contributed by atoms with Crippen molar-refractivity contribution in [3.63, 3.8) is 0 Å². The summed E-state index contributed by atoms with van der Waals surface area (Å²) in [6.07, 6.45) is 0. The minimum atomic E-state index is 0.639. The fourth-order valence-electron chi connectivity index (χ4n) is 6.19. The van der Waals surface area contributed by atoms with E-state index < -0.39 is 0 Å². The molecule has 0 saturated heterocycles. The summed E-state index contributed by atoms with van der Waals surface area (Å²) in [6.45, 7) is 0. The van der Waals surface area contributed by atoms with Crippen LogP contribution >= 0.6 is 11.3 Å². The van der Waals surface area contributed by atoms with Gasteiger partial charge >= 0.3 is 0 Å². The van der Waals surface area contributed by atoms with Crippen LogP contribution in [-0.2, 0) is 0 Å². The van der Waals surface area contributed by atoms with Gasteiger partial charge in [0.1, 0.15) is 0 Å². The molecule has 0 fully saturated rings. The van der Waals surface area contributed by atoms with Crippen molar-refractivity contribution in [2.75, 3.05) is 0 Å². The molecular weight excluding hydrogens is 569 g/mol. The van der Waals surface area contributed by atoms with Crippen molar-refractivity contribution in [2.45, 2.75) is 0 Å². The van der Waals surface area contributed by atoms with Gasteiger partial charge in [0.15, 0.2) is 17.5 Å². The Labute approximate surface area is 263 Å². The number of rotatable bonds is 4. The Bertz CT molecular complexity index is 2480. The van der Waals surface area contributed by atoms with Crippen molar-refractivity contribution in [1.82, 2.24) is 19.9 Å². The molecule has 0 bridgehead atoms. The summed E-state index contributed by atoms with van der Waals surface area (Å²) < 4.78 is 2.41. The van der Waals surface area contributed by atoms with Gasteiger partial charge in [-0.3, -0.25) is 0 Å². The van der Waals surface area contributed by atoms with Crippen LogP contribution in [0.25, 0.3) is 87.3 Å². The molecular formula is C40H24N4S. The van der Waals surface area contributed by atoms with Crippen LogP contribution < -0.4 is 0 Å². The molecule has 0 atom stereocenters. The molecule has 0 aliphatic carbocycles. The van der Waals surface area contributed by atoms with Gasteiger partial charge in [0.05, 0.1) is 15.7 Å². The lowest BCUT2D eigenvalue weighted by atomic mass is 9.94. The SMILES string of the molecule is c1ccc(-c2nc(-c3ccccc3)nc(-c3cccc(-c4c5sc6ccccc6c5nc5ccc6ccccc6c45)c3)n2)cc1. The van der Waals surface area contributed by atoms with E-state index in [1.165, 1.54) is 31.1 Å². The highest BCUT2D eigenvalue weighted by Gasteiger charge is 2.19. The Kier molecular flexibility index (Phi) is 5.96. The molecule has 0 aliphatic heterocycles. The highest BCUT2D eigenvalue weighted by Crippen LogP contribution is 2.45. The second-order valence-corrected chi connectivity index (χ2v) is 12.1. The van der Waals surface area contributed by atoms with Crippen LogP contribution in [0.1, 0.15) is 0 Å². The normalized spacial score (nSPS) is 11.6. The minimum absolute atomic E-state index is 0.639. The van der Waals surface area contributed by atoms with Gasteiger partial charge in [-0.2, -0.15) is 0 Å². The second-order valence-electron chi connectivity index (χ2n) is 11.1. The van der Waals surface area contributed by atoms with Crippen molar-refractivity contribution < 1.29 is 0 Å². The summed E-state index contributed by atoms with van der Waals surface area (Å²) in [5, 5.41) is 4.74. The van der Waals surface area contributed by atoms with Crippen LogP contribution in [0.2, 0.25) is 0 Å². The molecule has 0 spiro atoms. The van der Waals surface area contributed by atoms with Crippen LogP contribution in [0.15, 0.2) is 146 Å². The molecule has 3 heterocycles. The van der Waals surface area contributed by atoms with Crippen LogP contribution in [0.5, 0.6) is 0 Å². The third kappa shape index (κ3) is 4.36. The average molecular weight is 593 g/mol. The van der Waals surface area contributed by atoms with Gasteiger partial charge < -0.3 is 0 Å². The van der Waals surface area contributed by atoms with Gasteiger partial charge in [-0.15, -0.1) is 11.3 Å². The Hall–Kier alpha value is -5.78. The van der Waals surface area contributed by atoms with Crippen molar-refractivity contribution in [3.05, 3.63) is 146 Å². The zero-order valence-corrected chi connectivity index (χ0v) is 24.9. The first-order valence-electron chi connectivity index (χ1n) is 14.9. The highest BCUT2D eigenvalue weighted by molar-refractivity contribution is 7.26. The third-order valence-electron chi connectivity index (χ3n) is 8.29. The summed E-state index contributed by atoms with van der Waals surface area (Å²) >= 11 is 1.80. The van der Waals surface area contributed by atoms with E-state index in [4.69, 9.17) is 19.9 Å². The Morgan fingerprint density at radius 1 is 0.422 bits per heavy atom. The van der Waals surface area contributed by atoms with Crippen LogP contribution in [-0.4, -0.2) is 19.9 Å². The number of nitrogens with zero attached hydrogens (tertiary/aromatic N) is 4. The molecule has 4 nitrogen and oxygen atoms in total. The van der Waals surface area contributed by atoms with Gasteiger partial charge in [0.25, 0.3) is 0 Å². The number of thiophene rings is 1. The molecule has 6 aromatic carbocycles. The molecule has 0 radical (unpaired) electrons. The summed E-state index contributed by atoms with van der Waals surface area (Å²) in [5.41, 5.74) is 7.16. The van der Waals surface area contributed by atoms with E-state index in [2.05, 4.69) is 84.9 Å². The quantitative estimate of drug-likeness (QED) is 0.191. The van der Waals surface area contributed by atoms with E-state index in [1.807, 2.05) is 60.7 Å². The van der Waals surface area contributed by atoms with Crippen LogP contribution in [0, 0.1) is 0 Å². The topological polar surface area (TPSA) is 51.6 Å². The molecule has 0 saturated carbocycles. The van der Waals surface area contributed by atoms with Crippen molar-refractivity contribution in [2.24, 2.45) is 0 Å². The van der Waals surface area contributed by atoms with E-state index in [9.17, 15) is 0 Å². The number of hydrogen-bond donors (Lipinski definition) is 0. The zero-order chi connectivity index (χ0) is 29.7. The smallest absolute Gasteiger partial charge is 0.164 e. The molecule has 0 aliphatic rings. The van der Waals surface area contributed by atoms with Crippen molar-refractivity contribution >= 4 is 53.3 Å². The number of pyridine rings is 1. The van der Waals surface area contributed by atoms with E-state index in [0.717, 1.165) is 38.7 Å². The van der Waals surface area contributed by atoms with E-state index in [-0.39, 0.29) is 0 Å². The summed E-state index contributed by atoms with van der Waals surface area (Å²) in [4.78, 5) is 20.2. The van der Waals surface area contributed by atoms with E-state index in [0.29, 0.717) is 17.5 Å². The molecule has 0 N–H and O–H groups in total. The van der Waals surface area contributed by atoms with Gasteiger partial charge in [0, 0.05) is 37.7 Å². The maximum absolute atomic E-state index is 5.25. The maximum atomic E-state index is 5.25. The second kappa shape index (κ2) is 10.4. The fraction of sp³-hybridized carbons (Fsp3) is 0. The minimum Gasteiger partial charge on any atom is -0.246 e. The number of benzene rings is 6. The molecule has 5 heteroatoms. The largest absolute Gasteiger partial charge is 0.246 e. The fourth-order valence-corrected chi connectivity index (χ4v) is 7.40. The molecule has 3 aromatic heterocycles. The first-order valence-corrected chi connectivity index (χ1v) is 15.7. The third-order valence-corrected chi connectivity index (χ3v) is 9.47. The van der Waals surface area contributed by atoms with Gasteiger partial charge in [-0.1, -0.05) is 127 Å². The average Bonchev–Trinajstić information content (AvgIpc) is 3.49. The molecule has 210 valence electrons. The van der Waals surface area contributed by atoms with Crippen molar-refractivity contribution in [1.29, 1.82) is 0 Å². The number of hydrogen-bond acceptors (Lipinski definition) is 5. The molecule has 9 rings (SSSR count). The predicted molar refractivity (Wildman–Crippen MR) is 187 cm³/mol. The first kappa shape index (κ1) is 25.7. The Morgan fingerprint density at radius 3 is 1.73 bits per heavy atom. The Morgan fingerprint density at radius 2 is 1.00 bits per heavy atom. The lowest BCUT2D eigenvalue weighted by molar-refractivity contribution is 1.07. The summed E-state index contributed by atoms with van der Waals surface area (Å²) in [6, 6.07) is 50.3. The number of fused-ring (bicyclic) bond motifs is 6. The zero-order valence-electron chi connectivity index (χ0n) is 24.1. The monoisotopic (exact) mass is 592 g/mol. The van der Waals surface area contributed by atoms with Gasteiger partial charge in [0.2, 0.25) is 0 Å². The molecule has 0 unspecified atom stereocenters. The lowest BCUT2D eigenvalue weighted by Gasteiger charge is -2.13. The lowest BCUT2D eigenvalue weighted by Crippen LogP contribution is -2.00. The highest BCUT2D eigenvalue weighted by atomic mass is 32.1. The van der Waals surface area contributed by atoms with Crippen LogP contribution in [0.3, 0.4) is 0 Å². The number of aromatic nitrogens is 4. The van der Waals surface area contributed by atoms with E-state index in [1.54, 1.807) is 11.3 Å². The molecule has 9 aromatic rings. The first-order chi connectivity index (χ1) is 22.3. The van der Waals surface area contributed by atoms with Gasteiger partial charge in [-0.05, 0) is 34.5 Å². The van der Waals surface area contributed by atoms with E-state index >= 15 is 0 Å². The van der Waals surface area contributed by atoms with Crippen LogP contribution in [0.4, 0.5) is 0 Å².